The summed E-state index contributed by atoms with van der Waals surface area (Å²) in [7, 11) is 0. The maximum atomic E-state index is 5.83. The average molecular weight is 233 g/mol. The van der Waals surface area contributed by atoms with Gasteiger partial charge in [0, 0.05) is 17.7 Å². The van der Waals surface area contributed by atoms with Gasteiger partial charge >= 0.3 is 0 Å². The van der Waals surface area contributed by atoms with Gasteiger partial charge in [-0.15, -0.1) is 0 Å². The molecule has 0 aliphatic heterocycles. The summed E-state index contributed by atoms with van der Waals surface area (Å²) in [5.41, 5.74) is 1.00. The highest BCUT2D eigenvalue weighted by Gasteiger charge is 1.92. The van der Waals surface area contributed by atoms with Crippen LogP contribution in [0.5, 0.6) is 0 Å². The van der Waals surface area contributed by atoms with Gasteiger partial charge in [0.1, 0.15) is 0 Å². The van der Waals surface area contributed by atoms with Crippen molar-refractivity contribution < 1.29 is 0 Å². The van der Waals surface area contributed by atoms with E-state index in [9.17, 15) is 0 Å². The molecule has 0 radical (unpaired) electrons. The number of nitrogens with zero attached hydrogens (tertiary/aromatic N) is 1. The first-order chi connectivity index (χ1) is 5.34. The molecule has 1 aromatic heterocycles. The van der Waals surface area contributed by atoms with Crippen molar-refractivity contribution in [3.63, 3.8) is 0 Å². The molecule has 0 atom stereocenters. The fourth-order valence-electron chi connectivity index (χ4n) is 0.693. The summed E-state index contributed by atoms with van der Waals surface area (Å²) in [5.74, 6) is 0. The van der Waals surface area contributed by atoms with Gasteiger partial charge in [0.2, 0.25) is 0 Å². The van der Waals surface area contributed by atoms with Gasteiger partial charge < -0.3 is 0 Å². The highest BCUT2D eigenvalue weighted by Crippen LogP contribution is 2.14. The second-order valence-electron chi connectivity index (χ2n) is 1.95. The minimum absolute atomic E-state index is 0.685. The van der Waals surface area contributed by atoms with Crippen molar-refractivity contribution in [2.24, 2.45) is 0 Å². The zero-order valence-electron chi connectivity index (χ0n) is 5.80. The predicted octanol–water partition coefficient (Wildman–Crippen LogP) is 3.14. The average Bonchev–Trinajstić information content (AvgIpc) is 2.03. The summed E-state index contributed by atoms with van der Waals surface area (Å²) in [6, 6.07) is 1.88. The van der Waals surface area contributed by atoms with Crippen molar-refractivity contribution in [1.29, 1.82) is 0 Å². The molecule has 1 nitrogen and oxygen atoms in total. The molecular weight excluding hydrogens is 225 g/mol. The van der Waals surface area contributed by atoms with E-state index >= 15 is 0 Å². The van der Waals surface area contributed by atoms with Crippen LogP contribution in [0.1, 0.15) is 5.56 Å². The topological polar surface area (TPSA) is 12.9 Å². The van der Waals surface area contributed by atoms with E-state index in [2.05, 4.69) is 20.9 Å². The summed E-state index contributed by atoms with van der Waals surface area (Å²) in [6.45, 7) is 0. The summed E-state index contributed by atoms with van der Waals surface area (Å²) < 4.78 is 0. The smallest absolute Gasteiger partial charge is 0.0661 e. The zero-order valence-corrected chi connectivity index (χ0v) is 8.14. The number of alkyl halides is 1. The van der Waals surface area contributed by atoms with Crippen molar-refractivity contribution in [2.75, 3.05) is 5.33 Å². The normalized spacial score (nSPS) is 10.7. The number of pyridine rings is 1. The van der Waals surface area contributed by atoms with Gasteiger partial charge in [-0.3, -0.25) is 4.98 Å². The third kappa shape index (κ3) is 2.64. The first-order valence-corrected chi connectivity index (χ1v) is 4.66. The molecule has 0 unspecified atom stereocenters. The summed E-state index contributed by atoms with van der Waals surface area (Å²) in [4.78, 5) is 3.88. The van der Waals surface area contributed by atoms with Crippen molar-refractivity contribution in [1.82, 2.24) is 4.98 Å². The molecule has 0 fully saturated rings. The number of rotatable bonds is 2. The largest absolute Gasteiger partial charge is 0.263 e. The Balaban J connectivity index is 2.86. The number of allylic oxidation sites excluding steroid dienone is 1. The molecule has 0 spiro atoms. The number of hydrogen-bond donors (Lipinski definition) is 0. The molecule has 0 aliphatic carbocycles. The van der Waals surface area contributed by atoms with Crippen LogP contribution >= 0.6 is 27.5 Å². The van der Waals surface area contributed by atoms with E-state index in [4.69, 9.17) is 11.6 Å². The predicted molar refractivity (Wildman–Crippen MR) is 52.1 cm³/mol. The first-order valence-electron chi connectivity index (χ1n) is 3.16. The maximum Gasteiger partial charge on any atom is 0.0661 e. The molecule has 0 N–H and O–H groups in total. The molecule has 58 valence electrons. The summed E-state index contributed by atoms with van der Waals surface area (Å²) in [6.07, 6.45) is 7.30. The second kappa shape index (κ2) is 4.52. The van der Waals surface area contributed by atoms with Gasteiger partial charge in [-0.2, -0.15) is 0 Å². The Morgan fingerprint density at radius 1 is 1.64 bits per heavy atom. The van der Waals surface area contributed by atoms with Crippen molar-refractivity contribution in [3.05, 3.63) is 35.1 Å². The van der Waals surface area contributed by atoms with Crippen molar-refractivity contribution in [2.45, 2.75) is 0 Å². The minimum Gasteiger partial charge on any atom is -0.263 e. The fraction of sp³-hybridized carbons (Fsp3) is 0.125. The van der Waals surface area contributed by atoms with Crippen LogP contribution in [0, 0.1) is 0 Å². The molecule has 0 amide bonds. The molecule has 1 rings (SSSR count). The van der Waals surface area contributed by atoms with Crippen LogP contribution in [-0.2, 0) is 0 Å². The van der Waals surface area contributed by atoms with Crippen LogP contribution in [0.15, 0.2) is 24.5 Å². The van der Waals surface area contributed by atoms with Crippen LogP contribution in [0.4, 0.5) is 0 Å². The molecule has 1 heterocycles. The zero-order chi connectivity index (χ0) is 8.10. The number of hydrogen-bond acceptors (Lipinski definition) is 1. The monoisotopic (exact) mass is 231 g/mol. The van der Waals surface area contributed by atoms with Gasteiger partial charge in [0.25, 0.3) is 0 Å². The lowest BCUT2D eigenvalue weighted by Crippen LogP contribution is -1.76. The lowest BCUT2D eigenvalue weighted by Gasteiger charge is -1.93. The highest BCUT2D eigenvalue weighted by molar-refractivity contribution is 9.09. The van der Waals surface area contributed by atoms with Gasteiger partial charge in [-0.1, -0.05) is 39.7 Å². The Morgan fingerprint density at radius 3 is 3.09 bits per heavy atom. The summed E-state index contributed by atoms with van der Waals surface area (Å²) >= 11 is 9.12. The molecule has 0 aromatic carbocycles. The van der Waals surface area contributed by atoms with E-state index < -0.39 is 0 Å². The van der Waals surface area contributed by atoms with E-state index in [1.54, 1.807) is 12.4 Å². The van der Waals surface area contributed by atoms with E-state index in [0.29, 0.717) is 5.02 Å². The summed E-state index contributed by atoms with van der Waals surface area (Å²) in [5, 5.41) is 1.52. The standard InChI is InChI=1S/C8H7BrClN/c9-4-1-2-7-3-5-11-6-8(7)10/h1-3,5-6H,4H2. The van der Waals surface area contributed by atoms with Gasteiger partial charge in [-0.05, 0) is 11.6 Å². The Labute approximate surface area is 79.2 Å². The third-order valence-corrected chi connectivity index (χ3v) is 1.88. The third-order valence-electron chi connectivity index (χ3n) is 1.19. The van der Waals surface area contributed by atoms with Crippen molar-refractivity contribution >= 4 is 33.6 Å². The Morgan fingerprint density at radius 2 is 2.45 bits per heavy atom. The van der Waals surface area contributed by atoms with Gasteiger partial charge in [0.15, 0.2) is 0 Å². The quantitative estimate of drug-likeness (QED) is 0.714. The van der Waals surface area contributed by atoms with Crippen LogP contribution in [-0.4, -0.2) is 10.3 Å². The maximum absolute atomic E-state index is 5.83. The molecular formula is C8H7BrClN. The Bertz CT molecular complexity index is 260. The van der Waals surface area contributed by atoms with Crippen molar-refractivity contribution in [3.8, 4) is 0 Å². The van der Waals surface area contributed by atoms with Crippen LogP contribution in [0.3, 0.4) is 0 Å². The van der Waals surface area contributed by atoms with E-state index in [1.165, 1.54) is 0 Å². The van der Waals surface area contributed by atoms with Crippen LogP contribution in [0.2, 0.25) is 5.02 Å². The lowest BCUT2D eigenvalue weighted by molar-refractivity contribution is 1.32. The molecule has 3 heteroatoms. The van der Waals surface area contributed by atoms with E-state index in [0.717, 1.165) is 10.9 Å². The lowest BCUT2D eigenvalue weighted by atomic mass is 10.2. The van der Waals surface area contributed by atoms with Gasteiger partial charge in [0.05, 0.1) is 5.02 Å². The molecule has 0 saturated carbocycles. The Kier molecular flexibility index (Phi) is 3.60. The highest BCUT2D eigenvalue weighted by atomic mass is 79.9. The molecule has 1 aromatic rings. The molecule has 0 aliphatic rings. The van der Waals surface area contributed by atoms with Gasteiger partial charge in [-0.25, -0.2) is 0 Å². The molecule has 0 saturated heterocycles. The number of halogens is 2. The minimum atomic E-state index is 0.685. The molecule has 0 bridgehead atoms. The Hall–Kier alpha value is -0.340. The van der Waals surface area contributed by atoms with Crippen LogP contribution < -0.4 is 0 Å². The first kappa shape index (κ1) is 8.75. The molecule has 11 heavy (non-hydrogen) atoms. The van der Waals surface area contributed by atoms with E-state index in [1.807, 2.05) is 18.2 Å². The SMILES string of the molecule is Clc1cnccc1C=CCBr. The number of aromatic nitrogens is 1. The second-order valence-corrected chi connectivity index (χ2v) is 3.01. The van der Waals surface area contributed by atoms with E-state index in [-0.39, 0.29) is 0 Å². The van der Waals surface area contributed by atoms with Crippen LogP contribution in [0.25, 0.3) is 6.08 Å². The fourth-order valence-corrected chi connectivity index (χ4v) is 1.06.